The third kappa shape index (κ3) is 4.45. The number of aromatic nitrogens is 2. The van der Waals surface area contributed by atoms with Crippen LogP contribution in [0.4, 0.5) is 15.2 Å². The predicted octanol–water partition coefficient (Wildman–Crippen LogP) is 3.91. The van der Waals surface area contributed by atoms with Gasteiger partial charge in [0, 0.05) is 18.3 Å². The second-order valence-corrected chi connectivity index (χ2v) is 7.93. The van der Waals surface area contributed by atoms with E-state index in [1.807, 2.05) is 4.90 Å². The highest BCUT2D eigenvalue weighted by Crippen LogP contribution is 2.28. The first kappa shape index (κ1) is 17.2. The summed E-state index contributed by atoms with van der Waals surface area (Å²) in [5.74, 6) is 0.223. The van der Waals surface area contributed by atoms with E-state index in [9.17, 15) is 9.18 Å². The van der Waals surface area contributed by atoms with Crippen LogP contribution in [0.25, 0.3) is 0 Å². The van der Waals surface area contributed by atoms with Crippen molar-refractivity contribution in [2.45, 2.75) is 36.6 Å². The molecular formula is C16H19FN4OS2. The van der Waals surface area contributed by atoms with Gasteiger partial charge >= 0.3 is 0 Å². The van der Waals surface area contributed by atoms with Gasteiger partial charge in [-0.15, -0.1) is 10.2 Å². The normalized spacial score (nSPS) is 17.8. The Bertz CT molecular complexity index is 709. The average molecular weight is 366 g/mol. The molecule has 1 aliphatic heterocycles. The minimum absolute atomic E-state index is 0.155. The van der Waals surface area contributed by atoms with Crippen LogP contribution in [0, 0.1) is 5.82 Å². The fourth-order valence-electron chi connectivity index (χ4n) is 2.68. The van der Waals surface area contributed by atoms with Crippen molar-refractivity contribution in [2.75, 3.05) is 17.6 Å². The van der Waals surface area contributed by atoms with Crippen LogP contribution in [0.2, 0.25) is 0 Å². The first-order chi connectivity index (χ1) is 11.6. The number of benzene rings is 1. The molecule has 1 aromatic carbocycles. The number of amides is 1. The van der Waals surface area contributed by atoms with Crippen molar-refractivity contribution in [1.29, 1.82) is 0 Å². The van der Waals surface area contributed by atoms with E-state index in [-0.39, 0.29) is 11.7 Å². The maximum absolute atomic E-state index is 13.2. The predicted molar refractivity (Wildman–Crippen MR) is 95.3 cm³/mol. The molecule has 1 atom stereocenters. The Morgan fingerprint density at radius 3 is 3.12 bits per heavy atom. The number of piperidine rings is 1. The Morgan fingerprint density at radius 2 is 2.33 bits per heavy atom. The highest BCUT2D eigenvalue weighted by atomic mass is 32.2. The lowest BCUT2D eigenvalue weighted by molar-refractivity contribution is -0.131. The van der Waals surface area contributed by atoms with E-state index in [0.717, 1.165) is 23.7 Å². The van der Waals surface area contributed by atoms with Crippen LogP contribution in [0.1, 0.15) is 26.2 Å². The number of thioether (sulfide) groups is 1. The molecule has 24 heavy (non-hydrogen) atoms. The Kier molecular flexibility index (Phi) is 5.68. The molecule has 2 heterocycles. The number of nitrogens with one attached hydrogen (secondary N) is 1. The zero-order valence-corrected chi connectivity index (χ0v) is 15.0. The van der Waals surface area contributed by atoms with Gasteiger partial charge in [0.05, 0.1) is 5.75 Å². The van der Waals surface area contributed by atoms with Crippen LogP contribution in [-0.2, 0) is 4.79 Å². The highest BCUT2D eigenvalue weighted by Gasteiger charge is 2.23. The molecule has 0 saturated carbocycles. The molecule has 0 radical (unpaired) electrons. The molecule has 5 nitrogen and oxygen atoms in total. The molecule has 1 aliphatic rings. The lowest BCUT2D eigenvalue weighted by Gasteiger charge is -2.33. The molecule has 1 unspecified atom stereocenters. The Balaban J connectivity index is 1.53. The molecule has 1 fully saturated rings. The Hall–Kier alpha value is -1.67. The van der Waals surface area contributed by atoms with Crippen molar-refractivity contribution in [2.24, 2.45) is 0 Å². The van der Waals surface area contributed by atoms with Crippen molar-refractivity contribution in [3.05, 3.63) is 30.1 Å². The van der Waals surface area contributed by atoms with Crippen LogP contribution in [0.5, 0.6) is 0 Å². The van der Waals surface area contributed by atoms with Crippen LogP contribution in [-0.4, -0.2) is 39.3 Å². The van der Waals surface area contributed by atoms with Crippen LogP contribution >= 0.6 is 23.1 Å². The SMILES string of the molecule is CC1CCCCN1C(=O)CSc1nnc(Nc2cccc(F)c2)s1. The van der Waals surface area contributed by atoms with Crippen molar-refractivity contribution >= 4 is 39.8 Å². The number of halogens is 1. The smallest absolute Gasteiger partial charge is 0.233 e. The molecule has 128 valence electrons. The summed E-state index contributed by atoms with van der Waals surface area (Å²) in [5.41, 5.74) is 0.626. The number of anilines is 2. The summed E-state index contributed by atoms with van der Waals surface area (Å²) < 4.78 is 13.9. The summed E-state index contributed by atoms with van der Waals surface area (Å²) in [6.07, 6.45) is 3.36. The van der Waals surface area contributed by atoms with Crippen LogP contribution < -0.4 is 5.32 Å². The second kappa shape index (κ2) is 7.94. The fraction of sp³-hybridized carbons (Fsp3) is 0.438. The fourth-order valence-corrected chi connectivity index (χ4v) is 4.34. The molecule has 8 heteroatoms. The largest absolute Gasteiger partial charge is 0.339 e. The van der Waals surface area contributed by atoms with Crippen molar-refractivity contribution in [1.82, 2.24) is 15.1 Å². The molecule has 1 aromatic heterocycles. The maximum atomic E-state index is 13.2. The first-order valence-electron chi connectivity index (χ1n) is 7.90. The van der Waals surface area contributed by atoms with Crippen molar-refractivity contribution in [3.8, 4) is 0 Å². The van der Waals surface area contributed by atoms with Gasteiger partial charge in [-0.3, -0.25) is 4.79 Å². The van der Waals surface area contributed by atoms with Crippen molar-refractivity contribution < 1.29 is 9.18 Å². The number of carbonyl (C=O) groups is 1. The van der Waals surface area contributed by atoms with Gasteiger partial charge in [-0.05, 0) is 44.4 Å². The standard InChI is InChI=1S/C16H19FN4OS2/c1-11-5-2-3-8-21(11)14(22)10-23-16-20-19-15(24-16)18-13-7-4-6-12(17)9-13/h4,6-7,9,11H,2-3,5,8,10H2,1H3,(H,18,19). The minimum atomic E-state index is -0.305. The molecule has 0 bridgehead atoms. The second-order valence-electron chi connectivity index (χ2n) is 5.73. The zero-order chi connectivity index (χ0) is 16.9. The molecule has 1 saturated heterocycles. The average Bonchev–Trinajstić information content (AvgIpc) is 3.00. The Labute approximate surface area is 148 Å². The molecule has 0 aliphatic carbocycles. The van der Waals surface area contributed by atoms with E-state index in [4.69, 9.17) is 0 Å². The number of carbonyl (C=O) groups excluding carboxylic acids is 1. The summed E-state index contributed by atoms with van der Waals surface area (Å²) in [4.78, 5) is 14.3. The monoisotopic (exact) mass is 366 g/mol. The first-order valence-corrected chi connectivity index (χ1v) is 9.70. The van der Waals surface area contributed by atoms with Gasteiger partial charge in [0.1, 0.15) is 5.82 Å². The quantitative estimate of drug-likeness (QED) is 0.813. The summed E-state index contributed by atoms with van der Waals surface area (Å²) in [5, 5.41) is 11.7. The van der Waals surface area contributed by atoms with Gasteiger partial charge in [0.15, 0.2) is 4.34 Å². The number of rotatable bonds is 5. The third-order valence-electron chi connectivity index (χ3n) is 3.92. The molecule has 3 rings (SSSR count). The highest BCUT2D eigenvalue weighted by molar-refractivity contribution is 8.01. The van der Waals surface area contributed by atoms with Crippen LogP contribution in [0.3, 0.4) is 0 Å². The lowest BCUT2D eigenvalue weighted by atomic mass is 10.0. The van der Waals surface area contributed by atoms with Gasteiger partial charge in [-0.2, -0.15) is 0 Å². The van der Waals surface area contributed by atoms with Gasteiger partial charge in [-0.25, -0.2) is 4.39 Å². The van der Waals surface area contributed by atoms with Crippen LogP contribution in [0.15, 0.2) is 28.6 Å². The van der Waals surface area contributed by atoms with E-state index >= 15 is 0 Å². The van der Waals surface area contributed by atoms with Gasteiger partial charge in [-0.1, -0.05) is 29.2 Å². The third-order valence-corrected chi connectivity index (χ3v) is 5.88. The van der Waals surface area contributed by atoms with E-state index < -0.39 is 0 Å². The molecule has 1 N–H and O–H groups in total. The summed E-state index contributed by atoms with van der Waals surface area (Å²) >= 11 is 2.76. The summed E-state index contributed by atoms with van der Waals surface area (Å²) in [7, 11) is 0. The van der Waals surface area contributed by atoms with E-state index in [0.29, 0.717) is 22.6 Å². The van der Waals surface area contributed by atoms with E-state index in [2.05, 4.69) is 22.4 Å². The zero-order valence-electron chi connectivity index (χ0n) is 13.4. The number of nitrogens with zero attached hydrogens (tertiary/aromatic N) is 3. The van der Waals surface area contributed by atoms with Gasteiger partial charge < -0.3 is 10.2 Å². The van der Waals surface area contributed by atoms with E-state index in [1.165, 1.54) is 41.7 Å². The molecule has 2 aromatic rings. The summed E-state index contributed by atoms with van der Waals surface area (Å²) in [6, 6.07) is 6.51. The summed E-state index contributed by atoms with van der Waals surface area (Å²) in [6.45, 7) is 2.96. The van der Waals surface area contributed by atoms with Gasteiger partial charge in [0.2, 0.25) is 11.0 Å². The Morgan fingerprint density at radius 1 is 1.46 bits per heavy atom. The number of likely N-dealkylation sites (tertiary alicyclic amines) is 1. The maximum Gasteiger partial charge on any atom is 0.233 e. The topological polar surface area (TPSA) is 58.1 Å². The molecular weight excluding hydrogens is 347 g/mol. The molecule has 0 spiro atoms. The van der Waals surface area contributed by atoms with Gasteiger partial charge in [0.25, 0.3) is 0 Å². The van der Waals surface area contributed by atoms with Crippen molar-refractivity contribution in [3.63, 3.8) is 0 Å². The number of hydrogen-bond donors (Lipinski definition) is 1. The lowest BCUT2D eigenvalue weighted by Crippen LogP contribution is -2.42. The minimum Gasteiger partial charge on any atom is -0.339 e. The van der Waals surface area contributed by atoms with E-state index in [1.54, 1.807) is 12.1 Å². The molecule has 1 amide bonds. The number of hydrogen-bond acceptors (Lipinski definition) is 6.